The van der Waals surface area contributed by atoms with Crippen LogP contribution in [0.2, 0.25) is 0 Å². The first-order chi connectivity index (χ1) is 21.3. The van der Waals surface area contributed by atoms with E-state index in [0.717, 1.165) is 21.6 Å². The minimum absolute atomic E-state index is 0. The van der Waals surface area contributed by atoms with Crippen molar-refractivity contribution in [2.24, 2.45) is 0 Å². The third-order valence-electron chi connectivity index (χ3n) is 8.54. The molecule has 0 spiro atoms. The molecular formula is C34H30FeN6O4+2. The fraction of sp³-hybridized carbons (Fsp3) is 0.176. The van der Waals surface area contributed by atoms with Crippen LogP contribution in [-0.4, -0.2) is 27.9 Å². The van der Waals surface area contributed by atoms with E-state index < -0.39 is 34.3 Å². The summed E-state index contributed by atoms with van der Waals surface area (Å²) in [7, 11) is 0. The van der Waals surface area contributed by atoms with Crippen molar-refractivity contribution in [1.82, 2.24) is 27.9 Å². The van der Waals surface area contributed by atoms with Crippen LogP contribution >= 0.6 is 0 Å². The first-order valence-electron chi connectivity index (χ1n) is 14.4. The van der Waals surface area contributed by atoms with Gasteiger partial charge in [-0.2, -0.15) is 0 Å². The Morgan fingerprint density at radius 2 is 1.13 bits per heavy atom. The first kappa shape index (κ1) is 31.2. The molecule has 2 aromatic heterocycles. The monoisotopic (exact) mass is 642 g/mol. The molecule has 4 heterocycles. The second kappa shape index (κ2) is 12.2. The van der Waals surface area contributed by atoms with Crippen LogP contribution in [0.1, 0.15) is 19.9 Å². The molecule has 2 fully saturated rings. The van der Waals surface area contributed by atoms with Gasteiger partial charge in [-0.05, 0) is 107 Å². The fourth-order valence-electron chi connectivity index (χ4n) is 6.76. The molecule has 0 saturated heterocycles. The van der Waals surface area contributed by atoms with Gasteiger partial charge in [0.25, 0.3) is 0 Å². The molecule has 2 saturated carbocycles. The van der Waals surface area contributed by atoms with Crippen LogP contribution in [0, 0.1) is 63.7 Å². The molecule has 0 N–H and O–H groups in total. The van der Waals surface area contributed by atoms with E-state index in [1.54, 1.807) is 48.5 Å². The molecule has 0 amide bonds. The van der Waals surface area contributed by atoms with Gasteiger partial charge in [-0.3, -0.25) is 0 Å². The summed E-state index contributed by atoms with van der Waals surface area (Å²) in [6, 6.07) is 17.0. The zero-order chi connectivity index (χ0) is 30.6. The van der Waals surface area contributed by atoms with Crippen molar-refractivity contribution in [3.63, 3.8) is 0 Å². The molecule has 45 heavy (non-hydrogen) atoms. The molecule has 4 aromatic rings. The molecular weight excluding hydrogens is 612 g/mol. The second-order valence-electron chi connectivity index (χ2n) is 11.3. The first-order valence-corrected chi connectivity index (χ1v) is 14.4. The number of para-hydroxylation sites is 2. The Morgan fingerprint density at radius 3 is 1.67 bits per heavy atom. The van der Waals surface area contributed by atoms with Gasteiger partial charge in [0.05, 0.1) is 30.5 Å². The minimum Gasteiger partial charge on any atom is -0.246 e. The Hall–Kier alpha value is -3.82. The standard InChI is InChI=1S/C29H25N6O4.C5H5.Fe/c1-19-17-30-25(36)33(22-15-7-4-8-16-22)28(39)35(30)29(2)18-31-26(37)32(21-13-5-3-6-14-21)27(38)34(31)24(23(19)29)20-11-9-10-12-20;1-2-4-5-3-1;/h3-16,24H,17-18H2,1-2H3;1-5H;/q;;+2. The van der Waals surface area contributed by atoms with E-state index in [0.29, 0.717) is 11.4 Å². The third kappa shape index (κ3) is 4.91. The van der Waals surface area contributed by atoms with Crippen LogP contribution in [0.25, 0.3) is 11.4 Å². The number of allylic oxidation sites excluding steroid dienone is 2. The average Bonchev–Trinajstić information content (AvgIpc) is 3.84. The molecule has 226 valence electrons. The second-order valence-corrected chi connectivity index (χ2v) is 11.3. The van der Waals surface area contributed by atoms with Crippen molar-refractivity contribution >= 4 is 0 Å². The molecule has 2 aliphatic heterocycles. The van der Waals surface area contributed by atoms with E-state index in [1.165, 1.54) is 23.3 Å². The number of nitrogens with zero attached hydrogens (tertiary/aromatic N) is 6. The predicted octanol–water partition coefficient (Wildman–Crippen LogP) is 2.64. The largest absolute Gasteiger partial charge is 2.00 e. The van der Waals surface area contributed by atoms with Crippen molar-refractivity contribution < 1.29 is 17.1 Å². The van der Waals surface area contributed by atoms with Crippen molar-refractivity contribution in [2.45, 2.75) is 38.5 Å². The zero-order valence-corrected chi connectivity index (χ0v) is 25.7. The third-order valence-corrected chi connectivity index (χ3v) is 8.54. The van der Waals surface area contributed by atoms with E-state index in [2.05, 4.69) is 0 Å². The molecule has 11 heteroatoms. The summed E-state index contributed by atoms with van der Waals surface area (Å²) < 4.78 is 8.16. The minimum atomic E-state index is -1.10. The fourth-order valence-corrected chi connectivity index (χ4v) is 6.76. The van der Waals surface area contributed by atoms with Crippen molar-refractivity contribution in [3.05, 3.63) is 177 Å². The molecule has 2 aliphatic carbocycles. The van der Waals surface area contributed by atoms with Crippen LogP contribution in [0.4, 0.5) is 0 Å². The Kier molecular flexibility index (Phi) is 8.43. The van der Waals surface area contributed by atoms with Gasteiger partial charge in [-0.15, -0.1) is 0 Å². The van der Waals surface area contributed by atoms with Gasteiger partial charge in [0.1, 0.15) is 5.54 Å². The van der Waals surface area contributed by atoms with E-state index >= 15 is 0 Å². The number of rotatable bonds is 3. The quantitative estimate of drug-likeness (QED) is 0.254. The van der Waals surface area contributed by atoms with Crippen LogP contribution in [0.15, 0.2) is 91.0 Å². The van der Waals surface area contributed by atoms with Crippen LogP contribution < -0.4 is 22.8 Å². The van der Waals surface area contributed by atoms with Crippen LogP contribution in [0.5, 0.6) is 0 Å². The smallest absolute Gasteiger partial charge is 0.246 e. The SMILES string of the molecule is CC1=C2C([C]3[CH][CH][CH][CH]3)n3c(=O)n(-c4ccccc4)c(=O)n3CC2(C)n2c(=O)n(-c3ccccc3)c(=O)n2C1.[CH]1[CH][CH][CH][CH]1.[Fe+2]. The van der Waals surface area contributed by atoms with Gasteiger partial charge in [0.2, 0.25) is 0 Å². The van der Waals surface area contributed by atoms with Crippen molar-refractivity contribution in [2.75, 3.05) is 0 Å². The van der Waals surface area contributed by atoms with E-state index in [1.807, 2.05) is 83.8 Å². The normalized spacial score (nSPS) is 22.2. The number of hydrogen-bond acceptors (Lipinski definition) is 4. The summed E-state index contributed by atoms with van der Waals surface area (Å²) in [5, 5.41) is 0. The maximum atomic E-state index is 14.0. The van der Waals surface area contributed by atoms with E-state index in [4.69, 9.17) is 0 Å². The summed E-state index contributed by atoms with van der Waals surface area (Å²) in [4.78, 5) is 55.4. The zero-order valence-electron chi connectivity index (χ0n) is 24.6. The van der Waals surface area contributed by atoms with Gasteiger partial charge in [0, 0.05) is 5.92 Å². The number of hydrogen-bond donors (Lipinski definition) is 0. The number of aromatic nitrogens is 6. The maximum Gasteiger partial charge on any atom is 2.00 e. The Bertz CT molecular complexity index is 1960. The Balaban J connectivity index is 0.000000545. The molecule has 8 rings (SSSR count). The van der Waals surface area contributed by atoms with Gasteiger partial charge < -0.3 is 0 Å². The summed E-state index contributed by atoms with van der Waals surface area (Å²) in [5.41, 5.74) is -0.377. The van der Waals surface area contributed by atoms with E-state index in [9.17, 15) is 19.2 Å². The predicted molar refractivity (Wildman–Crippen MR) is 166 cm³/mol. The summed E-state index contributed by atoms with van der Waals surface area (Å²) in [5.74, 6) is 0.822. The summed E-state index contributed by atoms with van der Waals surface area (Å²) in [6.07, 6.45) is 17.6. The molecule has 2 atom stereocenters. The van der Waals surface area contributed by atoms with Gasteiger partial charge in [0.15, 0.2) is 0 Å². The van der Waals surface area contributed by atoms with Gasteiger partial charge in [-0.25, -0.2) is 47.0 Å². The summed E-state index contributed by atoms with van der Waals surface area (Å²) >= 11 is 0. The Morgan fingerprint density at radius 1 is 0.644 bits per heavy atom. The Labute approximate surface area is 271 Å². The average molecular weight is 642 g/mol. The molecule has 10 radical (unpaired) electrons. The molecule has 10 nitrogen and oxygen atoms in total. The maximum absolute atomic E-state index is 14.0. The molecule has 2 aromatic carbocycles. The van der Waals surface area contributed by atoms with Crippen molar-refractivity contribution in [1.29, 1.82) is 0 Å². The molecule has 0 bridgehead atoms. The van der Waals surface area contributed by atoms with Crippen molar-refractivity contribution in [3.8, 4) is 11.4 Å². The number of benzene rings is 2. The van der Waals surface area contributed by atoms with Gasteiger partial charge in [-0.1, -0.05) is 36.4 Å². The molecule has 2 unspecified atom stereocenters. The number of fused-ring (bicyclic) bond motifs is 4. The molecule has 4 aliphatic rings. The van der Waals surface area contributed by atoms with Gasteiger partial charge >= 0.3 is 39.8 Å². The van der Waals surface area contributed by atoms with Crippen LogP contribution in [0.3, 0.4) is 0 Å². The van der Waals surface area contributed by atoms with Crippen LogP contribution in [-0.2, 0) is 35.7 Å². The topological polar surface area (TPSA) is 97.9 Å². The van der Waals surface area contributed by atoms with E-state index in [-0.39, 0.29) is 30.2 Å². The summed E-state index contributed by atoms with van der Waals surface area (Å²) in [6.45, 7) is 3.99.